The van der Waals surface area contributed by atoms with Crippen LogP contribution in [0.5, 0.6) is 11.5 Å². The van der Waals surface area contributed by atoms with Crippen LogP contribution in [0.4, 0.5) is 45.5 Å². The summed E-state index contributed by atoms with van der Waals surface area (Å²) in [6, 6.07) is 63.0. The maximum absolute atomic E-state index is 10.6. The third-order valence-corrected chi connectivity index (χ3v) is 33.5. The van der Waals surface area contributed by atoms with Gasteiger partial charge >= 0.3 is 398 Å². The number of ether oxygens (including phenoxy) is 2. The summed E-state index contributed by atoms with van der Waals surface area (Å²) < 4.78 is 15.9. The van der Waals surface area contributed by atoms with Crippen LogP contribution in [0.25, 0.3) is 0 Å². The van der Waals surface area contributed by atoms with Gasteiger partial charge in [-0.15, -0.1) is 0 Å². The Kier molecular flexibility index (Phi) is 41.4. The van der Waals surface area contributed by atoms with Crippen molar-refractivity contribution in [2.75, 3.05) is 60.0 Å². The molecule has 2 saturated heterocycles. The van der Waals surface area contributed by atoms with Crippen molar-refractivity contribution in [2.24, 2.45) is 15.0 Å². The van der Waals surface area contributed by atoms with Gasteiger partial charge in [-0.3, -0.25) is 0 Å². The van der Waals surface area contributed by atoms with Crippen LogP contribution in [0.15, 0.2) is 209 Å². The Hall–Kier alpha value is -6.94. The minimum atomic E-state index is -1.91. The third kappa shape index (κ3) is 31.1. The number of non-ortho nitro benzene ring substituents is 1. The first-order valence-corrected chi connectivity index (χ1v) is 61.6. The number of aryl methyl sites for hydroxylation is 12. The summed E-state index contributed by atoms with van der Waals surface area (Å²) in [7, 11) is 38.7. The summed E-state index contributed by atoms with van der Waals surface area (Å²) in [6.45, 7) is 35.1. The number of para-hydroxylation sites is 3. The van der Waals surface area contributed by atoms with E-state index >= 15 is 0 Å². The monoisotopic (exact) mass is 2100 g/mol. The molecule has 0 N–H and O–H groups in total. The molecular formula is C104H124Cl6N8O4PRu3-. The molecule has 2 heterocycles. The van der Waals surface area contributed by atoms with E-state index in [4.69, 9.17) is 67.6 Å². The zero-order valence-corrected chi connectivity index (χ0v) is 86.1. The summed E-state index contributed by atoms with van der Waals surface area (Å²) in [5.74, 6) is 1.66. The number of nitrogens with zero attached hydrogens (tertiary/aromatic N) is 8. The number of anilines is 4. The molecule has 0 radical (unpaired) electrons. The van der Waals surface area contributed by atoms with Crippen molar-refractivity contribution in [1.29, 1.82) is 0 Å². The van der Waals surface area contributed by atoms with E-state index in [0.29, 0.717) is 0 Å². The van der Waals surface area contributed by atoms with Crippen LogP contribution in [0, 0.1) is 107 Å². The predicted molar refractivity (Wildman–Crippen MR) is 540 cm³/mol. The van der Waals surface area contributed by atoms with Gasteiger partial charge in [0.1, 0.15) is 0 Å². The molecule has 0 aromatic heterocycles. The SMILES string of the molecule is C1CCC([PH+](C2CCCCC2)C2CCCCC2)CC1.COc1ccc(C=Nc2ccccc2[CH]=[Ru]([Cl])[Cl])cc1.COc1ccc(C=Nc2ccccc2[CH]=[Ru]([Cl])[Cl])cc1.Cc1cc(C)c(N2[CH-]N(c3c(C)cc(C)cc3C)CC2)c(C)c1.Cc1cc(C)c(N2[CH-]N(c3c(C)cc(C)cc3C)CC2)c(C)c1.O=[N+]([O-])c1ccc(C=Nc2ccccc2[CH]=[Ru]([Cl])[Cl])cc1. The van der Waals surface area contributed by atoms with Crippen LogP contribution in [0.3, 0.4) is 0 Å². The zero-order valence-electron chi connectivity index (χ0n) is 75.3. The van der Waals surface area contributed by atoms with Crippen LogP contribution in [0.2, 0.25) is 0 Å². The average Bonchev–Trinajstić information content (AvgIpc) is 1.75. The van der Waals surface area contributed by atoms with Gasteiger partial charge in [0, 0.05) is 56.9 Å². The van der Waals surface area contributed by atoms with Crippen LogP contribution in [-0.2, 0) is 40.6 Å². The molecule has 0 spiro atoms. The molecular weight excluding hydrogens is 1970 g/mol. The van der Waals surface area contributed by atoms with Crippen molar-refractivity contribution in [2.45, 2.75) is 196 Å². The van der Waals surface area contributed by atoms with Crippen molar-refractivity contribution < 1.29 is 55.0 Å². The van der Waals surface area contributed by atoms with Crippen LogP contribution in [0.1, 0.15) is 196 Å². The molecule has 10 aromatic rings. The molecule has 10 aromatic carbocycles. The van der Waals surface area contributed by atoms with Gasteiger partial charge in [-0.2, -0.15) is 13.3 Å². The Labute approximate surface area is 792 Å². The molecule has 676 valence electrons. The fraction of sp³-hybridized carbons (Fsp3) is 0.346. The number of nitro groups is 1. The van der Waals surface area contributed by atoms with E-state index < -0.39 is 45.5 Å². The normalized spacial score (nSPS) is 15.3. The van der Waals surface area contributed by atoms with Crippen molar-refractivity contribution in [1.82, 2.24) is 0 Å². The van der Waals surface area contributed by atoms with Crippen LogP contribution in [-0.4, -0.2) is 94.8 Å². The van der Waals surface area contributed by atoms with E-state index in [1.54, 1.807) is 129 Å². The number of nitro benzene ring substituents is 1. The molecule has 5 aliphatic rings. The summed E-state index contributed by atoms with van der Waals surface area (Å²) in [6.07, 6.45) is 29.1. The molecule has 12 nitrogen and oxygen atoms in total. The van der Waals surface area contributed by atoms with Gasteiger partial charge in [-0.05, 0) is 205 Å². The van der Waals surface area contributed by atoms with Crippen LogP contribution >= 0.6 is 66.1 Å². The van der Waals surface area contributed by atoms with Gasteiger partial charge < -0.3 is 19.6 Å². The number of halogens is 6. The first kappa shape index (κ1) is 101. The number of benzene rings is 10. The van der Waals surface area contributed by atoms with Crippen molar-refractivity contribution in [3.63, 3.8) is 0 Å². The Morgan fingerprint density at radius 2 is 0.587 bits per heavy atom. The van der Waals surface area contributed by atoms with E-state index in [1.165, 1.54) is 119 Å². The molecule has 3 saturated carbocycles. The van der Waals surface area contributed by atoms with E-state index in [2.05, 4.69) is 180 Å². The first-order chi connectivity index (χ1) is 60.6. The fourth-order valence-electron chi connectivity index (χ4n) is 18.3. The Morgan fingerprint density at radius 1 is 0.357 bits per heavy atom. The molecule has 0 amide bonds. The summed E-state index contributed by atoms with van der Waals surface area (Å²) >= 11 is -5.60. The number of hydrogen-bond donors (Lipinski definition) is 0. The van der Waals surface area contributed by atoms with Crippen molar-refractivity contribution in [3.8, 4) is 11.5 Å². The van der Waals surface area contributed by atoms with E-state index in [-0.39, 0.29) is 13.6 Å². The van der Waals surface area contributed by atoms with E-state index in [1.807, 2.05) is 148 Å². The summed E-state index contributed by atoms with van der Waals surface area (Å²) in [5, 5.41) is 10.6. The molecule has 15 rings (SSSR count). The average molecular weight is 2100 g/mol. The molecule has 126 heavy (non-hydrogen) atoms. The minimum absolute atomic E-state index is 0.0465. The van der Waals surface area contributed by atoms with Gasteiger partial charge in [0.05, 0.1) is 17.0 Å². The zero-order chi connectivity index (χ0) is 90.3. The number of methoxy groups -OCH3 is 2. The van der Waals surface area contributed by atoms with Crippen molar-refractivity contribution >= 4 is 144 Å². The third-order valence-electron chi connectivity index (χ3n) is 23.4. The second-order valence-electron chi connectivity index (χ2n) is 33.3. The standard InChI is InChI=1S/2C21H27N2.C18H33P.2C15H13NO.C14H10N2O2.6ClH.3Ru/c2*1-14-9-16(3)20(17(4)10-14)22-7-8-23(13-22)21-18(5)11-15(2)12-19(21)6;1-4-10-16(11-5-1)19(17-12-6-2-7-13-17)18-14-8-3-9-15-18;2*1-12-5-3-4-6-15(12)16-11-13-7-9-14(17-2)10-8-13;1-11-4-2-3-5-14(11)15-10-12-6-8-13(9-7-12)16(17)18;;;;;;;;;/h2*9-13H,7-8H2,1-6H3;16-18H,1-15H2;2*1,3-11H,2H3;1-10H;6*1H;;;/q2*-1;;;;;;;;;;;3*+2/p-5. The van der Waals surface area contributed by atoms with Gasteiger partial charge in [-0.25, -0.2) is 0 Å². The van der Waals surface area contributed by atoms with Gasteiger partial charge in [0.25, 0.3) is 0 Å². The molecule has 0 bridgehead atoms. The van der Waals surface area contributed by atoms with E-state index in [0.717, 1.165) is 88.1 Å². The summed E-state index contributed by atoms with van der Waals surface area (Å²) in [4.78, 5) is 33.1. The van der Waals surface area contributed by atoms with Gasteiger partial charge in [0.2, 0.25) is 0 Å². The number of aliphatic imine (C=N–C) groups is 3. The molecule has 2 aliphatic heterocycles. The Bertz CT molecular complexity index is 4920. The number of hydrogen-bond acceptors (Lipinski definition) is 11. The predicted octanol–water partition coefficient (Wildman–Crippen LogP) is 29.6. The molecule has 0 atom stereocenters. The molecule has 3 aliphatic carbocycles. The topological polar surface area (TPSA) is 112 Å². The summed E-state index contributed by atoms with van der Waals surface area (Å²) in [5.41, 5.74) is 33.5. The fourth-order valence-corrected chi connectivity index (χ4v) is 29.0. The molecule has 0 unspecified atom stereocenters. The molecule has 22 heteroatoms. The first-order valence-electron chi connectivity index (χ1n) is 43.5. The second-order valence-corrected chi connectivity index (χ2v) is 53.9. The maximum atomic E-state index is 10.6. The van der Waals surface area contributed by atoms with Crippen molar-refractivity contribution in [3.05, 3.63) is 318 Å². The second kappa shape index (κ2) is 51.6. The number of rotatable bonds is 19. The van der Waals surface area contributed by atoms with Gasteiger partial charge in [0.15, 0.2) is 0 Å². The van der Waals surface area contributed by atoms with Gasteiger partial charge in [-0.1, -0.05) is 90.0 Å². The van der Waals surface area contributed by atoms with E-state index in [9.17, 15) is 10.1 Å². The quantitative estimate of drug-likeness (QED) is 0.0197. The Balaban J connectivity index is 0.000000158. The van der Waals surface area contributed by atoms with Crippen LogP contribution < -0.4 is 29.1 Å². The molecule has 5 fully saturated rings. The Morgan fingerprint density at radius 3 is 0.810 bits per heavy atom.